The van der Waals surface area contributed by atoms with Crippen LogP contribution in [0.2, 0.25) is 0 Å². The zero-order valence-corrected chi connectivity index (χ0v) is 10.3. The topological polar surface area (TPSA) is 0 Å². The van der Waals surface area contributed by atoms with Crippen LogP contribution >= 0.6 is 7.26 Å². The van der Waals surface area contributed by atoms with Crippen molar-refractivity contribution >= 4 is 7.26 Å². The van der Waals surface area contributed by atoms with E-state index in [1.54, 1.807) is 25.7 Å². The van der Waals surface area contributed by atoms with Crippen molar-refractivity contribution in [2.24, 2.45) is 0 Å². The van der Waals surface area contributed by atoms with E-state index in [2.05, 4.69) is 13.3 Å². The molecular formula is C12H25P. The van der Waals surface area contributed by atoms with E-state index in [0.717, 1.165) is 0 Å². The van der Waals surface area contributed by atoms with E-state index >= 15 is 0 Å². The second-order valence-electron chi connectivity index (χ2n) is 5.78. The van der Waals surface area contributed by atoms with Crippen molar-refractivity contribution in [3.63, 3.8) is 0 Å². The van der Waals surface area contributed by atoms with E-state index in [1.807, 2.05) is 0 Å². The maximum absolute atomic E-state index is 2.68. The van der Waals surface area contributed by atoms with Crippen LogP contribution in [0.4, 0.5) is 0 Å². The third-order valence-electron chi connectivity index (χ3n) is 4.81. The molecule has 0 spiro atoms. The molecule has 0 atom stereocenters. The Morgan fingerprint density at radius 2 is 1.00 bits per heavy atom. The summed E-state index contributed by atoms with van der Waals surface area (Å²) >= 11 is 0. The first-order chi connectivity index (χ1) is 6.21. The van der Waals surface area contributed by atoms with Crippen molar-refractivity contribution in [3.05, 3.63) is 0 Å². The molecule has 0 bridgehead atoms. The van der Waals surface area contributed by atoms with Gasteiger partial charge in [0.1, 0.15) is 0 Å². The molecule has 0 aliphatic heterocycles. The molecule has 0 nitrogen and oxygen atoms in total. The predicted octanol–water partition coefficient (Wildman–Crippen LogP) is 3.88. The van der Waals surface area contributed by atoms with Crippen LogP contribution in [0.3, 0.4) is 0 Å². The van der Waals surface area contributed by atoms with E-state index in [9.17, 15) is 0 Å². The number of rotatable bonds is 2. The molecular weight excluding hydrogens is 175 g/mol. The SMILES string of the molecule is C[PH](C)(C1CCCC1)C1CCCC1. The molecule has 2 saturated carbocycles. The fourth-order valence-electron chi connectivity index (χ4n) is 3.67. The Bertz CT molecular complexity index is 144. The van der Waals surface area contributed by atoms with E-state index in [1.165, 1.54) is 37.0 Å². The van der Waals surface area contributed by atoms with Crippen molar-refractivity contribution in [3.8, 4) is 0 Å². The summed E-state index contributed by atoms with van der Waals surface area (Å²) in [6.45, 7) is 5.36. The molecule has 0 aromatic rings. The molecule has 2 rings (SSSR count). The Kier molecular flexibility index (Phi) is 2.98. The molecule has 2 fully saturated rings. The van der Waals surface area contributed by atoms with E-state index in [-0.39, 0.29) is 0 Å². The first kappa shape index (κ1) is 9.97. The Morgan fingerprint density at radius 3 is 1.31 bits per heavy atom. The van der Waals surface area contributed by atoms with Gasteiger partial charge in [0, 0.05) is 0 Å². The van der Waals surface area contributed by atoms with Gasteiger partial charge in [-0.15, -0.1) is 0 Å². The molecule has 0 amide bonds. The quantitative estimate of drug-likeness (QED) is 0.593. The molecule has 13 heavy (non-hydrogen) atoms. The van der Waals surface area contributed by atoms with Crippen molar-refractivity contribution < 1.29 is 0 Å². The minimum atomic E-state index is -0.837. The van der Waals surface area contributed by atoms with Crippen LogP contribution in [0.15, 0.2) is 0 Å². The third-order valence-corrected chi connectivity index (χ3v) is 10.2. The standard InChI is InChI=1S/C12H25P/c1-13(2,11-7-3-4-8-11)12-9-5-6-10-12/h11-13H,3-10H2,1-2H3. The van der Waals surface area contributed by atoms with Crippen molar-refractivity contribution in [1.82, 2.24) is 0 Å². The van der Waals surface area contributed by atoms with Crippen molar-refractivity contribution in [2.75, 3.05) is 13.3 Å². The van der Waals surface area contributed by atoms with Gasteiger partial charge >= 0.3 is 83.3 Å². The van der Waals surface area contributed by atoms with Crippen molar-refractivity contribution in [1.29, 1.82) is 0 Å². The fraction of sp³-hybridized carbons (Fsp3) is 1.00. The molecule has 1 heteroatoms. The maximum atomic E-state index is 2.68. The summed E-state index contributed by atoms with van der Waals surface area (Å²) in [6, 6.07) is 0. The average molecular weight is 200 g/mol. The summed E-state index contributed by atoms with van der Waals surface area (Å²) in [5, 5.41) is 0. The van der Waals surface area contributed by atoms with Gasteiger partial charge in [-0.2, -0.15) is 0 Å². The second-order valence-corrected chi connectivity index (χ2v) is 11.1. The van der Waals surface area contributed by atoms with Gasteiger partial charge in [-0.25, -0.2) is 0 Å². The van der Waals surface area contributed by atoms with Crippen LogP contribution in [0, 0.1) is 0 Å². The normalized spacial score (nSPS) is 28.5. The van der Waals surface area contributed by atoms with E-state index < -0.39 is 7.26 Å². The predicted molar refractivity (Wildman–Crippen MR) is 64.7 cm³/mol. The third kappa shape index (κ3) is 1.94. The van der Waals surface area contributed by atoms with Gasteiger partial charge in [0.25, 0.3) is 0 Å². The second kappa shape index (κ2) is 3.89. The monoisotopic (exact) mass is 200 g/mol. The molecule has 0 unspecified atom stereocenters. The zero-order chi connectivity index (χ0) is 9.31. The van der Waals surface area contributed by atoms with E-state index in [0.29, 0.717) is 0 Å². The molecule has 2 aliphatic carbocycles. The van der Waals surface area contributed by atoms with Gasteiger partial charge in [0.15, 0.2) is 0 Å². The molecule has 0 saturated heterocycles. The van der Waals surface area contributed by atoms with Gasteiger partial charge in [0.2, 0.25) is 0 Å². The Hall–Kier alpha value is 0.430. The van der Waals surface area contributed by atoms with Crippen LogP contribution in [0.5, 0.6) is 0 Å². The van der Waals surface area contributed by atoms with Crippen LogP contribution in [0.25, 0.3) is 0 Å². The Balaban J connectivity index is 1.99. The summed E-state index contributed by atoms with van der Waals surface area (Å²) in [5.41, 5.74) is 2.38. The first-order valence-electron chi connectivity index (χ1n) is 6.21. The zero-order valence-electron chi connectivity index (χ0n) is 9.31. The Morgan fingerprint density at radius 1 is 0.692 bits per heavy atom. The minimum absolute atomic E-state index is 0.837. The van der Waals surface area contributed by atoms with E-state index in [4.69, 9.17) is 0 Å². The Labute approximate surface area is 83.8 Å². The van der Waals surface area contributed by atoms with Crippen LogP contribution < -0.4 is 0 Å². The number of hydrogen-bond donors (Lipinski definition) is 0. The molecule has 0 aromatic carbocycles. The summed E-state index contributed by atoms with van der Waals surface area (Å²) < 4.78 is 0. The van der Waals surface area contributed by atoms with Crippen LogP contribution in [-0.2, 0) is 0 Å². The average Bonchev–Trinajstić information content (AvgIpc) is 2.78. The molecule has 0 aromatic heterocycles. The van der Waals surface area contributed by atoms with Gasteiger partial charge in [-0.3, -0.25) is 0 Å². The molecule has 0 radical (unpaired) electrons. The molecule has 78 valence electrons. The van der Waals surface area contributed by atoms with Crippen LogP contribution in [0.1, 0.15) is 51.4 Å². The fourth-order valence-corrected chi connectivity index (χ4v) is 8.13. The summed E-state index contributed by atoms with van der Waals surface area (Å²) in [5.74, 6) is 0. The van der Waals surface area contributed by atoms with Crippen LogP contribution in [-0.4, -0.2) is 24.6 Å². The summed E-state index contributed by atoms with van der Waals surface area (Å²) in [4.78, 5) is 0. The van der Waals surface area contributed by atoms with Gasteiger partial charge < -0.3 is 0 Å². The summed E-state index contributed by atoms with van der Waals surface area (Å²) in [6.07, 6.45) is 12.5. The van der Waals surface area contributed by atoms with Gasteiger partial charge in [-0.1, -0.05) is 0 Å². The first-order valence-corrected chi connectivity index (χ1v) is 9.37. The van der Waals surface area contributed by atoms with Crippen molar-refractivity contribution in [2.45, 2.75) is 62.7 Å². The van der Waals surface area contributed by atoms with Gasteiger partial charge in [0.05, 0.1) is 0 Å². The molecule has 2 aliphatic rings. The van der Waals surface area contributed by atoms with Gasteiger partial charge in [-0.05, 0) is 0 Å². The molecule has 0 heterocycles. The summed E-state index contributed by atoms with van der Waals surface area (Å²) in [7, 11) is -0.837. The molecule has 0 N–H and O–H groups in total. The number of hydrogen-bond acceptors (Lipinski definition) is 0.